The molecule has 1 aliphatic carbocycles. The molecule has 3 unspecified atom stereocenters. The van der Waals surface area contributed by atoms with Gasteiger partial charge in [0.05, 0.1) is 0 Å². The van der Waals surface area contributed by atoms with Crippen molar-refractivity contribution in [1.82, 2.24) is 10.2 Å². The van der Waals surface area contributed by atoms with E-state index in [1.807, 2.05) is 0 Å². The van der Waals surface area contributed by atoms with E-state index in [2.05, 4.69) is 31.0 Å². The van der Waals surface area contributed by atoms with Gasteiger partial charge in [0.25, 0.3) is 0 Å². The minimum absolute atomic E-state index is 0.777. The first-order valence-electron chi connectivity index (χ1n) is 8.60. The topological polar surface area (TPSA) is 15.3 Å². The van der Waals surface area contributed by atoms with Crippen LogP contribution in [0.2, 0.25) is 0 Å². The van der Waals surface area contributed by atoms with Gasteiger partial charge in [-0.2, -0.15) is 0 Å². The van der Waals surface area contributed by atoms with E-state index in [0.29, 0.717) is 0 Å². The van der Waals surface area contributed by atoms with Crippen LogP contribution in [0, 0.1) is 17.8 Å². The number of hydrogen-bond acceptors (Lipinski definition) is 2. The van der Waals surface area contributed by atoms with Gasteiger partial charge in [-0.1, -0.05) is 33.6 Å². The maximum absolute atomic E-state index is 3.66. The summed E-state index contributed by atoms with van der Waals surface area (Å²) in [6.07, 6.45) is 8.67. The van der Waals surface area contributed by atoms with Gasteiger partial charge in [0.2, 0.25) is 0 Å². The van der Waals surface area contributed by atoms with Gasteiger partial charge in [-0.15, -0.1) is 0 Å². The molecule has 112 valence electrons. The van der Waals surface area contributed by atoms with Gasteiger partial charge in [0, 0.05) is 12.6 Å². The molecule has 1 saturated heterocycles. The number of nitrogens with one attached hydrogen (secondary N) is 1. The van der Waals surface area contributed by atoms with Crippen LogP contribution in [0.3, 0.4) is 0 Å². The maximum atomic E-state index is 3.66. The molecule has 0 spiro atoms. The summed E-state index contributed by atoms with van der Waals surface area (Å²) in [4.78, 5) is 2.82. The number of nitrogens with zero attached hydrogens (tertiary/aromatic N) is 1. The molecule has 1 saturated carbocycles. The van der Waals surface area contributed by atoms with Gasteiger partial charge in [0.1, 0.15) is 0 Å². The highest BCUT2D eigenvalue weighted by Gasteiger charge is 2.28. The predicted octanol–water partition coefficient (Wildman–Crippen LogP) is 3.52. The highest BCUT2D eigenvalue weighted by atomic mass is 15.2. The summed E-state index contributed by atoms with van der Waals surface area (Å²) < 4.78 is 0. The molecule has 2 nitrogen and oxygen atoms in total. The predicted molar refractivity (Wildman–Crippen MR) is 83.4 cm³/mol. The summed E-state index contributed by atoms with van der Waals surface area (Å²) in [5.41, 5.74) is 0. The van der Waals surface area contributed by atoms with E-state index >= 15 is 0 Å². The molecule has 0 radical (unpaired) electrons. The molecular weight excluding hydrogens is 232 g/mol. The summed E-state index contributed by atoms with van der Waals surface area (Å²) >= 11 is 0. The molecule has 0 bridgehead atoms. The van der Waals surface area contributed by atoms with Crippen molar-refractivity contribution in [1.29, 1.82) is 0 Å². The van der Waals surface area contributed by atoms with Crippen LogP contribution in [0.25, 0.3) is 0 Å². The van der Waals surface area contributed by atoms with Crippen molar-refractivity contribution in [2.24, 2.45) is 17.8 Å². The van der Waals surface area contributed by atoms with Crippen molar-refractivity contribution >= 4 is 0 Å². The van der Waals surface area contributed by atoms with Crippen LogP contribution in [0.15, 0.2) is 0 Å². The minimum Gasteiger partial charge on any atom is -0.316 e. The molecule has 3 atom stereocenters. The Balaban J connectivity index is 1.73. The molecule has 0 amide bonds. The highest BCUT2D eigenvalue weighted by Crippen LogP contribution is 2.30. The molecule has 2 aliphatic rings. The third-order valence-corrected chi connectivity index (χ3v) is 4.96. The van der Waals surface area contributed by atoms with Crippen molar-refractivity contribution < 1.29 is 0 Å². The van der Waals surface area contributed by atoms with Gasteiger partial charge in [-0.25, -0.2) is 0 Å². The highest BCUT2D eigenvalue weighted by molar-refractivity contribution is 4.83. The number of piperidine rings is 1. The number of likely N-dealkylation sites (tertiary alicyclic amines) is 1. The second-order valence-electron chi connectivity index (χ2n) is 7.48. The normalized spacial score (nSPS) is 33.8. The molecule has 2 heteroatoms. The maximum Gasteiger partial charge on any atom is 0.00979 e. The van der Waals surface area contributed by atoms with Crippen molar-refractivity contribution in [3.8, 4) is 0 Å². The lowest BCUT2D eigenvalue weighted by molar-refractivity contribution is 0.0846. The molecule has 1 N–H and O–H groups in total. The molecular formula is C17H34N2. The third kappa shape index (κ3) is 5.07. The van der Waals surface area contributed by atoms with Crippen LogP contribution in [0.1, 0.15) is 59.3 Å². The number of hydrogen-bond donors (Lipinski definition) is 1. The Morgan fingerprint density at radius 1 is 1.16 bits per heavy atom. The largest absolute Gasteiger partial charge is 0.316 e. The quantitative estimate of drug-likeness (QED) is 0.819. The Hall–Kier alpha value is -0.0800. The Morgan fingerprint density at radius 2 is 2.00 bits per heavy atom. The standard InChI is InChI=1S/C17H34N2/c1-14(2)11-18-12-16-7-5-9-19(13-16)17-8-4-6-15(3)10-17/h14-18H,4-13H2,1-3H3. The summed E-state index contributed by atoms with van der Waals surface area (Å²) in [5, 5.41) is 3.66. The van der Waals surface area contributed by atoms with Gasteiger partial charge in [0.15, 0.2) is 0 Å². The second kappa shape index (κ2) is 7.64. The third-order valence-electron chi connectivity index (χ3n) is 4.96. The van der Waals surface area contributed by atoms with Crippen LogP contribution >= 0.6 is 0 Å². The van der Waals surface area contributed by atoms with Gasteiger partial charge in [-0.3, -0.25) is 0 Å². The first kappa shape index (κ1) is 15.3. The van der Waals surface area contributed by atoms with Crippen LogP contribution in [0.5, 0.6) is 0 Å². The van der Waals surface area contributed by atoms with E-state index in [1.54, 1.807) is 0 Å². The zero-order chi connectivity index (χ0) is 13.7. The van der Waals surface area contributed by atoms with Crippen LogP contribution in [-0.2, 0) is 0 Å². The van der Waals surface area contributed by atoms with E-state index in [0.717, 1.165) is 23.8 Å². The monoisotopic (exact) mass is 266 g/mol. The summed E-state index contributed by atoms with van der Waals surface area (Å²) in [6.45, 7) is 12.2. The molecule has 1 heterocycles. The molecule has 2 rings (SSSR count). The lowest BCUT2D eigenvalue weighted by Crippen LogP contribution is -2.46. The first-order valence-corrected chi connectivity index (χ1v) is 8.60. The smallest absolute Gasteiger partial charge is 0.00979 e. The lowest BCUT2D eigenvalue weighted by atomic mass is 9.84. The molecule has 1 aliphatic heterocycles. The SMILES string of the molecule is CC(C)CNCC1CCCN(C2CCCC(C)C2)C1. The van der Waals surface area contributed by atoms with E-state index in [-0.39, 0.29) is 0 Å². The van der Waals surface area contributed by atoms with Gasteiger partial charge >= 0.3 is 0 Å². The average molecular weight is 266 g/mol. The molecule has 19 heavy (non-hydrogen) atoms. The van der Waals surface area contributed by atoms with Crippen molar-refractivity contribution in [2.45, 2.75) is 65.3 Å². The van der Waals surface area contributed by atoms with Crippen molar-refractivity contribution in [2.75, 3.05) is 26.2 Å². The second-order valence-corrected chi connectivity index (χ2v) is 7.48. The van der Waals surface area contributed by atoms with Crippen LogP contribution in [0.4, 0.5) is 0 Å². The first-order chi connectivity index (χ1) is 9.15. The van der Waals surface area contributed by atoms with E-state index in [4.69, 9.17) is 0 Å². The van der Waals surface area contributed by atoms with E-state index < -0.39 is 0 Å². The Bertz CT molecular complexity index is 252. The Labute approximate surface area is 120 Å². The van der Waals surface area contributed by atoms with Crippen molar-refractivity contribution in [3.05, 3.63) is 0 Å². The van der Waals surface area contributed by atoms with E-state index in [1.165, 1.54) is 64.7 Å². The van der Waals surface area contributed by atoms with Crippen molar-refractivity contribution in [3.63, 3.8) is 0 Å². The average Bonchev–Trinajstić information content (AvgIpc) is 2.39. The summed E-state index contributed by atoms with van der Waals surface area (Å²) in [7, 11) is 0. The molecule has 2 fully saturated rings. The lowest BCUT2D eigenvalue weighted by Gasteiger charge is -2.41. The fraction of sp³-hybridized carbons (Fsp3) is 1.00. The van der Waals surface area contributed by atoms with Crippen LogP contribution < -0.4 is 5.32 Å². The van der Waals surface area contributed by atoms with E-state index in [9.17, 15) is 0 Å². The molecule has 0 aromatic carbocycles. The Morgan fingerprint density at radius 3 is 2.74 bits per heavy atom. The Kier molecular flexibility index (Phi) is 6.15. The fourth-order valence-electron chi connectivity index (χ4n) is 3.91. The zero-order valence-electron chi connectivity index (χ0n) is 13.3. The fourth-order valence-corrected chi connectivity index (χ4v) is 3.91. The number of rotatable bonds is 5. The van der Waals surface area contributed by atoms with Gasteiger partial charge in [-0.05, 0) is 63.1 Å². The van der Waals surface area contributed by atoms with Crippen LogP contribution in [-0.4, -0.2) is 37.1 Å². The van der Waals surface area contributed by atoms with Gasteiger partial charge < -0.3 is 10.2 Å². The molecule has 0 aromatic rings. The summed E-state index contributed by atoms with van der Waals surface area (Å²) in [6, 6.07) is 0.900. The summed E-state index contributed by atoms with van der Waals surface area (Å²) in [5.74, 6) is 2.63. The molecule has 0 aromatic heterocycles. The minimum atomic E-state index is 0.777. The zero-order valence-corrected chi connectivity index (χ0v) is 13.3.